The van der Waals surface area contributed by atoms with Crippen LogP contribution in [0.4, 0.5) is 0 Å². The Balaban J connectivity index is 1.89. The van der Waals surface area contributed by atoms with Gasteiger partial charge in [-0.1, -0.05) is 60.7 Å². The van der Waals surface area contributed by atoms with E-state index in [1.807, 2.05) is 61.5 Å². The van der Waals surface area contributed by atoms with Crippen molar-refractivity contribution in [3.05, 3.63) is 95.4 Å². The van der Waals surface area contributed by atoms with E-state index in [1.54, 1.807) is 18.2 Å². The van der Waals surface area contributed by atoms with Crippen LogP contribution in [0.3, 0.4) is 0 Å². The van der Waals surface area contributed by atoms with Crippen molar-refractivity contribution in [3.63, 3.8) is 0 Å². The van der Waals surface area contributed by atoms with Crippen LogP contribution >= 0.6 is 0 Å². The molecule has 4 nitrogen and oxygen atoms in total. The summed E-state index contributed by atoms with van der Waals surface area (Å²) in [6.45, 7) is 1.83. The molecule has 3 aromatic carbocycles. The third-order valence-electron chi connectivity index (χ3n) is 5.02. The molecule has 2 aromatic heterocycles. The number of carbonyl (C=O) groups is 1. The van der Waals surface area contributed by atoms with Crippen molar-refractivity contribution < 1.29 is 13.6 Å². The average Bonchev–Trinajstić information content (AvgIpc) is 3.33. The van der Waals surface area contributed by atoms with Crippen molar-refractivity contribution in [1.29, 1.82) is 5.26 Å². The van der Waals surface area contributed by atoms with Crippen LogP contribution in [0.2, 0.25) is 0 Å². The van der Waals surface area contributed by atoms with Gasteiger partial charge in [-0.05, 0) is 24.6 Å². The third kappa shape index (κ3) is 2.64. The number of carbonyl (C=O) groups excluding carboxylic acids is 1. The second-order valence-electron chi connectivity index (χ2n) is 6.88. The number of hydrogen-bond acceptors (Lipinski definition) is 4. The molecule has 0 fully saturated rings. The van der Waals surface area contributed by atoms with E-state index in [0.717, 1.165) is 10.9 Å². The minimum atomic E-state index is -0.134. The Bertz CT molecular complexity index is 1420. The fraction of sp³-hybridized carbons (Fsp3) is 0.0400. The molecule has 0 unspecified atom stereocenters. The maximum Gasteiger partial charge on any atom is 0.212 e. The summed E-state index contributed by atoms with van der Waals surface area (Å²) in [6.07, 6.45) is 0. The van der Waals surface area contributed by atoms with E-state index < -0.39 is 0 Å². The molecule has 0 radical (unpaired) electrons. The normalized spacial score (nSPS) is 11.0. The topological polar surface area (TPSA) is 67.1 Å². The fourth-order valence-electron chi connectivity index (χ4n) is 3.76. The number of fused-ring (bicyclic) bond motifs is 3. The summed E-state index contributed by atoms with van der Waals surface area (Å²) in [5.41, 5.74) is 3.60. The molecule has 2 heterocycles. The van der Waals surface area contributed by atoms with Gasteiger partial charge in [-0.3, -0.25) is 4.79 Å². The first-order valence-electron chi connectivity index (χ1n) is 9.22. The van der Waals surface area contributed by atoms with Crippen molar-refractivity contribution in [2.45, 2.75) is 6.92 Å². The fourth-order valence-corrected chi connectivity index (χ4v) is 3.76. The van der Waals surface area contributed by atoms with Gasteiger partial charge in [0, 0.05) is 16.5 Å². The highest BCUT2D eigenvalue weighted by Gasteiger charge is 2.24. The van der Waals surface area contributed by atoms with Crippen LogP contribution in [0, 0.1) is 18.3 Å². The highest BCUT2D eigenvalue weighted by atomic mass is 16.3. The van der Waals surface area contributed by atoms with Gasteiger partial charge >= 0.3 is 0 Å². The SMILES string of the molecule is Cc1cc2c(o1)c(C(=O)c1ccccc1)cc1c(-c3ccccc3)c(C#N)oc12. The molecule has 138 valence electrons. The van der Waals surface area contributed by atoms with Crippen molar-refractivity contribution in [2.24, 2.45) is 0 Å². The largest absolute Gasteiger partial charge is 0.460 e. The minimum absolute atomic E-state index is 0.134. The molecule has 5 aromatic rings. The Kier molecular flexibility index (Phi) is 3.82. The van der Waals surface area contributed by atoms with E-state index in [-0.39, 0.29) is 11.5 Å². The predicted molar refractivity (Wildman–Crippen MR) is 111 cm³/mol. The molecule has 0 saturated carbocycles. The zero-order valence-electron chi connectivity index (χ0n) is 15.6. The first-order valence-corrected chi connectivity index (χ1v) is 9.22. The quantitative estimate of drug-likeness (QED) is 0.348. The number of ketones is 1. The highest BCUT2D eigenvalue weighted by Crippen LogP contribution is 2.41. The molecular weight excluding hydrogens is 362 g/mol. The van der Waals surface area contributed by atoms with Gasteiger partial charge in [0.2, 0.25) is 5.76 Å². The van der Waals surface area contributed by atoms with E-state index in [0.29, 0.717) is 39.0 Å². The molecule has 29 heavy (non-hydrogen) atoms. The summed E-state index contributed by atoms with van der Waals surface area (Å²) in [7, 11) is 0. The lowest BCUT2D eigenvalue weighted by Gasteiger charge is -2.05. The zero-order chi connectivity index (χ0) is 20.0. The van der Waals surface area contributed by atoms with Crippen LogP contribution in [0.15, 0.2) is 81.6 Å². The second-order valence-corrected chi connectivity index (χ2v) is 6.88. The van der Waals surface area contributed by atoms with Crippen molar-refractivity contribution in [2.75, 3.05) is 0 Å². The van der Waals surface area contributed by atoms with Gasteiger partial charge < -0.3 is 8.83 Å². The molecule has 0 aliphatic rings. The molecule has 0 aliphatic heterocycles. The average molecular weight is 377 g/mol. The summed E-state index contributed by atoms with van der Waals surface area (Å²) in [6, 6.07) is 24.5. The monoisotopic (exact) mass is 377 g/mol. The standard InChI is InChI=1S/C25H15NO3/c1-15-12-20-24-18(22(21(14-26)29-24)16-8-4-2-5-9-16)13-19(25(20)28-15)23(27)17-10-6-3-7-11-17/h2-13H,1H3. The van der Waals surface area contributed by atoms with Gasteiger partial charge in [0.25, 0.3) is 0 Å². The number of hydrogen-bond donors (Lipinski definition) is 0. The van der Waals surface area contributed by atoms with Gasteiger partial charge in [-0.15, -0.1) is 0 Å². The minimum Gasteiger partial charge on any atom is -0.460 e. The number of benzene rings is 3. The summed E-state index contributed by atoms with van der Waals surface area (Å²) in [4.78, 5) is 13.3. The van der Waals surface area contributed by atoms with Crippen LogP contribution < -0.4 is 0 Å². The van der Waals surface area contributed by atoms with Crippen LogP contribution in [0.25, 0.3) is 33.1 Å². The highest BCUT2D eigenvalue weighted by molar-refractivity contribution is 6.21. The Morgan fingerprint density at radius 3 is 2.24 bits per heavy atom. The maximum absolute atomic E-state index is 13.3. The van der Waals surface area contributed by atoms with E-state index in [2.05, 4.69) is 6.07 Å². The first-order chi connectivity index (χ1) is 14.2. The van der Waals surface area contributed by atoms with Crippen LogP contribution in [-0.2, 0) is 0 Å². The second kappa shape index (κ2) is 6.50. The molecule has 0 N–H and O–H groups in total. The van der Waals surface area contributed by atoms with E-state index in [4.69, 9.17) is 8.83 Å². The van der Waals surface area contributed by atoms with Gasteiger partial charge in [-0.25, -0.2) is 0 Å². The number of nitriles is 1. The Labute approximate surface area is 166 Å². The Morgan fingerprint density at radius 2 is 1.55 bits per heavy atom. The van der Waals surface area contributed by atoms with Crippen LogP contribution in [0.1, 0.15) is 27.4 Å². The molecule has 4 heteroatoms. The smallest absolute Gasteiger partial charge is 0.212 e. The van der Waals surface area contributed by atoms with Crippen LogP contribution in [-0.4, -0.2) is 5.78 Å². The molecule has 5 rings (SSSR count). The molecular formula is C25H15NO3. The number of aryl methyl sites for hydroxylation is 1. The number of nitrogens with zero attached hydrogens (tertiary/aromatic N) is 1. The lowest BCUT2D eigenvalue weighted by atomic mass is 9.96. The summed E-state index contributed by atoms with van der Waals surface area (Å²) >= 11 is 0. The van der Waals surface area contributed by atoms with Gasteiger partial charge in [0.1, 0.15) is 23.0 Å². The van der Waals surface area contributed by atoms with Crippen molar-refractivity contribution in [3.8, 4) is 17.2 Å². The molecule has 0 aliphatic carbocycles. The molecule has 0 bridgehead atoms. The third-order valence-corrected chi connectivity index (χ3v) is 5.02. The van der Waals surface area contributed by atoms with Gasteiger partial charge in [-0.2, -0.15) is 5.26 Å². The van der Waals surface area contributed by atoms with E-state index in [9.17, 15) is 10.1 Å². The number of furan rings is 2. The maximum atomic E-state index is 13.3. The summed E-state index contributed by atoms with van der Waals surface area (Å²) in [5.74, 6) is 0.756. The summed E-state index contributed by atoms with van der Waals surface area (Å²) < 4.78 is 11.8. The van der Waals surface area contributed by atoms with Crippen LogP contribution in [0.5, 0.6) is 0 Å². The first kappa shape index (κ1) is 17.0. The van der Waals surface area contributed by atoms with E-state index in [1.165, 1.54) is 0 Å². The molecule has 0 atom stereocenters. The lowest BCUT2D eigenvalue weighted by Crippen LogP contribution is -2.01. The van der Waals surface area contributed by atoms with Crippen molar-refractivity contribution in [1.82, 2.24) is 0 Å². The molecule has 0 saturated heterocycles. The van der Waals surface area contributed by atoms with Gasteiger partial charge in [0.15, 0.2) is 5.78 Å². The summed E-state index contributed by atoms with van der Waals surface area (Å²) in [5, 5.41) is 11.1. The lowest BCUT2D eigenvalue weighted by molar-refractivity contribution is 0.103. The Morgan fingerprint density at radius 1 is 0.862 bits per heavy atom. The van der Waals surface area contributed by atoms with E-state index >= 15 is 0 Å². The van der Waals surface area contributed by atoms with Gasteiger partial charge in [0.05, 0.1) is 10.9 Å². The molecule has 0 spiro atoms. The Hall–Kier alpha value is -4.10. The zero-order valence-corrected chi connectivity index (χ0v) is 15.6. The molecule has 0 amide bonds. The van der Waals surface area contributed by atoms with Crippen molar-refractivity contribution >= 4 is 27.7 Å². The predicted octanol–water partition coefficient (Wildman–Crippen LogP) is 6.26. The number of rotatable bonds is 3.